The first kappa shape index (κ1) is 19.1. The second-order valence-corrected chi connectivity index (χ2v) is 8.18. The predicted molar refractivity (Wildman–Crippen MR) is 105 cm³/mol. The van der Waals surface area contributed by atoms with Crippen LogP contribution in [0.5, 0.6) is 11.5 Å². The van der Waals surface area contributed by atoms with Gasteiger partial charge in [0.1, 0.15) is 11.5 Å². The van der Waals surface area contributed by atoms with Gasteiger partial charge in [-0.25, -0.2) is 0 Å². The molecule has 0 radical (unpaired) electrons. The highest BCUT2D eigenvalue weighted by Crippen LogP contribution is 2.75. The van der Waals surface area contributed by atoms with Crippen LogP contribution in [0.3, 0.4) is 0 Å². The van der Waals surface area contributed by atoms with E-state index in [1.54, 1.807) is 40.2 Å². The maximum Gasteiger partial charge on any atom is 0.226 e. The molecular formula is C21H26O4S. The standard InChI is InChI=1S/C21H26O4S/c1-19(2)20(26-21(19,24-5)25-6,15-7-11-17(22-3)12-8-15)16-9-13-18(23-4)14-10-16/h7-14H,1-6H3. The molecule has 140 valence electrons. The summed E-state index contributed by atoms with van der Waals surface area (Å²) in [6.07, 6.45) is 0. The van der Waals surface area contributed by atoms with Gasteiger partial charge < -0.3 is 18.9 Å². The third kappa shape index (κ3) is 2.45. The van der Waals surface area contributed by atoms with E-state index in [1.165, 1.54) is 11.1 Å². The fraction of sp³-hybridized carbons (Fsp3) is 0.429. The molecule has 0 N–H and O–H groups in total. The monoisotopic (exact) mass is 374 g/mol. The summed E-state index contributed by atoms with van der Waals surface area (Å²) in [5, 5.41) is -0.715. The van der Waals surface area contributed by atoms with Crippen molar-refractivity contribution in [2.75, 3.05) is 28.4 Å². The molecule has 0 saturated carbocycles. The van der Waals surface area contributed by atoms with Gasteiger partial charge in [-0.3, -0.25) is 0 Å². The summed E-state index contributed by atoms with van der Waals surface area (Å²) in [6, 6.07) is 16.5. The van der Waals surface area contributed by atoms with Crippen LogP contribution in [0.2, 0.25) is 0 Å². The fourth-order valence-corrected chi connectivity index (χ4v) is 5.68. The molecule has 1 fully saturated rings. The van der Waals surface area contributed by atoms with Crippen LogP contribution in [-0.4, -0.2) is 33.6 Å². The molecule has 1 aliphatic rings. The molecule has 1 heterocycles. The number of ether oxygens (including phenoxy) is 4. The van der Waals surface area contributed by atoms with Crippen LogP contribution >= 0.6 is 11.8 Å². The average Bonchev–Trinajstić information content (AvgIpc) is 2.69. The molecule has 0 aromatic heterocycles. The Hall–Kier alpha value is -1.69. The first-order valence-corrected chi connectivity index (χ1v) is 9.32. The first-order chi connectivity index (χ1) is 12.4. The lowest BCUT2D eigenvalue weighted by molar-refractivity contribution is -0.227. The molecule has 0 bridgehead atoms. The van der Waals surface area contributed by atoms with Crippen molar-refractivity contribution in [3.05, 3.63) is 59.7 Å². The largest absolute Gasteiger partial charge is 0.497 e. The molecule has 0 atom stereocenters. The van der Waals surface area contributed by atoms with Crippen molar-refractivity contribution in [2.24, 2.45) is 5.41 Å². The van der Waals surface area contributed by atoms with E-state index < -0.39 is 5.12 Å². The van der Waals surface area contributed by atoms with Crippen molar-refractivity contribution in [3.8, 4) is 11.5 Å². The van der Waals surface area contributed by atoms with Gasteiger partial charge in [-0.15, -0.1) is 0 Å². The summed E-state index contributed by atoms with van der Waals surface area (Å²) in [4.78, 5) is 0. The molecule has 1 saturated heterocycles. The van der Waals surface area contributed by atoms with Crippen LogP contribution in [0.15, 0.2) is 48.5 Å². The number of hydrogen-bond donors (Lipinski definition) is 0. The number of benzene rings is 2. The van der Waals surface area contributed by atoms with E-state index in [0.717, 1.165) is 11.5 Å². The van der Waals surface area contributed by atoms with E-state index >= 15 is 0 Å². The minimum absolute atomic E-state index is 0.322. The summed E-state index contributed by atoms with van der Waals surface area (Å²) in [6.45, 7) is 4.37. The van der Waals surface area contributed by atoms with Crippen molar-refractivity contribution in [3.63, 3.8) is 0 Å². The molecule has 26 heavy (non-hydrogen) atoms. The molecule has 0 spiro atoms. The van der Waals surface area contributed by atoms with Gasteiger partial charge in [-0.2, -0.15) is 0 Å². The summed E-state index contributed by atoms with van der Waals surface area (Å²) in [5.74, 6) is 1.68. The number of methoxy groups -OCH3 is 4. The third-order valence-electron chi connectivity index (χ3n) is 5.46. The molecule has 4 nitrogen and oxygen atoms in total. The van der Waals surface area contributed by atoms with Crippen LogP contribution < -0.4 is 9.47 Å². The van der Waals surface area contributed by atoms with Gasteiger partial charge in [-0.05, 0) is 35.4 Å². The van der Waals surface area contributed by atoms with E-state index in [0.29, 0.717) is 0 Å². The molecule has 2 aromatic rings. The quantitative estimate of drug-likeness (QED) is 0.687. The fourth-order valence-electron chi connectivity index (χ4n) is 3.96. The topological polar surface area (TPSA) is 36.9 Å². The molecule has 0 amide bonds. The molecule has 1 aliphatic heterocycles. The van der Waals surface area contributed by atoms with E-state index in [1.807, 2.05) is 24.3 Å². The highest BCUT2D eigenvalue weighted by molar-refractivity contribution is 8.03. The van der Waals surface area contributed by atoms with Crippen molar-refractivity contribution >= 4 is 11.8 Å². The molecule has 2 aromatic carbocycles. The van der Waals surface area contributed by atoms with Gasteiger partial charge in [0.25, 0.3) is 0 Å². The Morgan fingerprint density at radius 2 is 1.04 bits per heavy atom. The Bertz CT molecular complexity index is 701. The van der Waals surface area contributed by atoms with Crippen molar-refractivity contribution in [1.82, 2.24) is 0 Å². The van der Waals surface area contributed by atoms with Crippen LogP contribution in [0.1, 0.15) is 25.0 Å². The maximum atomic E-state index is 5.82. The summed E-state index contributed by atoms with van der Waals surface area (Å²) >= 11 is 1.68. The second-order valence-electron chi connectivity index (χ2n) is 6.83. The Morgan fingerprint density at radius 3 is 1.31 bits per heavy atom. The van der Waals surface area contributed by atoms with Crippen molar-refractivity contribution in [2.45, 2.75) is 23.7 Å². The Balaban J connectivity index is 2.16. The van der Waals surface area contributed by atoms with Crippen LogP contribution in [0.4, 0.5) is 0 Å². The van der Waals surface area contributed by atoms with Gasteiger partial charge in [0, 0.05) is 14.2 Å². The SMILES string of the molecule is COc1ccc(C2(c3ccc(OC)cc3)SC(OC)(OC)C2(C)C)cc1. The summed E-state index contributed by atoms with van der Waals surface area (Å²) in [7, 11) is 6.75. The Morgan fingerprint density at radius 1 is 0.654 bits per heavy atom. The summed E-state index contributed by atoms with van der Waals surface area (Å²) < 4.78 is 22.0. The number of thioether (sulfide) groups is 1. The molecule has 3 rings (SSSR count). The first-order valence-electron chi connectivity index (χ1n) is 8.50. The maximum absolute atomic E-state index is 5.82. The van der Waals surface area contributed by atoms with Gasteiger partial charge >= 0.3 is 0 Å². The lowest BCUT2D eigenvalue weighted by atomic mass is 9.68. The van der Waals surface area contributed by atoms with E-state index in [2.05, 4.69) is 38.1 Å². The minimum atomic E-state index is -0.715. The highest BCUT2D eigenvalue weighted by atomic mass is 32.2. The smallest absolute Gasteiger partial charge is 0.226 e. The lowest BCUT2D eigenvalue weighted by Gasteiger charge is -2.66. The van der Waals surface area contributed by atoms with Crippen LogP contribution in [0.25, 0.3) is 0 Å². The average molecular weight is 375 g/mol. The Labute approximate surface area is 159 Å². The molecule has 0 aliphatic carbocycles. The highest BCUT2D eigenvalue weighted by Gasteiger charge is 2.73. The van der Waals surface area contributed by atoms with E-state index in [-0.39, 0.29) is 10.2 Å². The molecule has 5 heteroatoms. The van der Waals surface area contributed by atoms with Gasteiger partial charge in [0.15, 0.2) is 0 Å². The number of hydrogen-bond acceptors (Lipinski definition) is 5. The van der Waals surface area contributed by atoms with E-state index in [9.17, 15) is 0 Å². The zero-order valence-electron chi connectivity index (χ0n) is 16.2. The third-order valence-corrected chi connectivity index (χ3v) is 7.86. The van der Waals surface area contributed by atoms with Crippen molar-refractivity contribution in [1.29, 1.82) is 0 Å². The predicted octanol–water partition coefficient (Wildman–Crippen LogP) is 4.67. The van der Waals surface area contributed by atoms with Crippen LogP contribution in [-0.2, 0) is 14.2 Å². The number of rotatable bonds is 6. The van der Waals surface area contributed by atoms with Gasteiger partial charge in [-0.1, -0.05) is 49.9 Å². The zero-order chi connectivity index (χ0) is 19.0. The minimum Gasteiger partial charge on any atom is -0.497 e. The summed E-state index contributed by atoms with van der Waals surface area (Å²) in [5.41, 5.74) is 2.04. The van der Waals surface area contributed by atoms with E-state index in [4.69, 9.17) is 18.9 Å². The lowest BCUT2D eigenvalue weighted by Crippen LogP contribution is -2.67. The normalized spacial score (nSPS) is 19.5. The van der Waals surface area contributed by atoms with Gasteiger partial charge in [0.2, 0.25) is 5.12 Å². The molecular weight excluding hydrogens is 348 g/mol. The van der Waals surface area contributed by atoms with Crippen molar-refractivity contribution < 1.29 is 18.9 Å². The van der Waals surface area contributed by atoms with Gasteiger partial charge in [0.05, 0.1) is 24.4 Å². The van der Waals surface area contributed by atoms with Crippen LogP contribution in [0, 0.1) is 5.41 Å². The zero-order valence-corrected chi connectivity index (χ0v) is 17.0. The second kappa shape index (κ2) is 6.80. The molecule has 0 unspecified atom stereocenters. The Kier molecular flexibility index (Phi) is 4.99.